The van der Waals surface area contributed by atoms with Crippen molar-refractivity contribution < 1.29 is 41.2 Å². The van der Waals surface area contributed by atoms with Crippen LogP contribution in [0.4, 0.5) is 0 Å². The van der Waals surface area contributed by atoms with Crippen molar-refractivity contribution in [2.24, 2.45) is 0 Å². The molecule has 0 aromatic carbocycles. The summed E-state index contributed by atoms with van der Waals surface area (Å²) < 4.78 is 37.9. The molecule has 0 rings (SSSR count). The first-order valence-corrected chi connectivity index (χ1v) is 14.1. The Balaban J connectivity index is 4.91. The van der Waals surface area contributed by atoms with Crippen LogP contribution in [0.1, 0.15) is 19.8 Å². The number of aliphatic hydroxyl groups is 1. The molecular weight excluding hydrogens is 442 g/mol. The summed E-state index contributed by atoms with van der Waals surface area (Å²) >= 11 is 0. The van der Waals surface area contributed by atoms with Crippen molar-refractivity contribution in [2.45, 2.75) is 38.0 Å². The summed E-state index contributed by atoms with van der Waals surface area (Å²) in [5.41, 5.74) is 0.295. The Labute approximate surface area is 189 Å². The molecule has 184 valence electrons. The van der Waals surface area contributed by atoms with Crippen molar-refractivity contribution in [2.75, 3.05) is 68.9 Å². The largest absolute Gasteiger partial charge is 0.500 e. The smallest absolute Gasteiger partial charge is 0.460 e. The van der Waals surface area contributed by atoms with Gasteiger partial charge in [-0.1, -0.05) is 6.58 Å². The van der Waals surface area contributed by atoms with Crippen molar-refractivity contribution in [3.05, 3.63) is 12.2 Å². The minimum atomic E-state index is -2.67. The number of ether oxygens (including phenoxy) is 1. The molecule has 0 aliphatic heterocycles. The van der Waals surface area contributed by atoms with Gasteiger partial charge < -0.3 is 41.3 Å². The predicted molar refractivity (Wildman–Crippen MR) is 121 cm³/mol. The van der Waals surface area contributed by atoms with Crippen LogP contribution in [-0.4, -0.2) is 109 Å². The first kappa shape index (κ1) is 30.3. The molecule has 10 nitrogen and oxygen atoms in total. The number of carbonyl (C=O) groups is 1. The number of rotatable bonds is 19. The minimum absolute atomic E-state index is 0.0952. The molecule has 0 saturated carbocycles. The Morgan fingerprint density at radius 1 is 0.871 bits per heavy atom. The third-order valence-electron chi connectivity index (χ3n) is 5.00. The van der Waals surface area contributed by atoms with E-state index in [-0.39, 0.29) is 6.61 Å². The number of hydrogen-bond donors (Lipinski definition) is 1. The zero-order chi connectivity index (χ0) is 23.9. The molecule has 1 N–H and O–H groups in total. The number of hydrogen-bond acceptors (Lipinski definition) is 10. The second kappa shape index (κ2) is 16.0. The normalized spacial score (nSPS) is 13.5. The van der Waals surface area contributed by atoms with Gasteiger partial charge in [0.05, 0.1) is 0 Å². The standard InChI is InChI=1S/C19H41NO9Si2/c1-17(2)19(22)29-16-18(21)15-20(11-9-13-30(23-3,24-4)25-5)12-10-14-31(26-6,27-7)28-8/h18,21H,1,9-16H2,2-8H3. The van der Waals surface area contributed by atoms with Crippen LogP contribution in [-0.2, 0) is 36.1 Å². The van der Waals surface area contributed by atoms with Crippen molar-refractivity contribution in [3.63, 3.8) is 0 Å². The van der Waals surface area contributed by atoms with E-state index in [2.05, 4.69) is 11.5 Å². The fourth-order valence-corrected chi connectivity index (χ4v) is 6.50. The third kappa shape index (κ3) is 11.1. The second-order valence-corrected chi connectivity index (χ2v) is 13.3. The molecule has 1 atom stereocenters. The zero-order valence-electron chi connectivity index (χ0n) is 20.1. The molecule has 0 radical (unpaired) electrons. The molecule has 0 aliphatic rings. The SMILES string of the molecule is C=C(C)C(=O)OCC(O)CN(CCC[Si](OC)(OC)OC)CCC[Si](OC)(OC)OC. The van der Waals surface area contributed by atoms with E-state index in [1.807, 2.05) is 0 Å². The summed E-state index contributed by atoms with van der Waals surface area (Å²) in [7, 11) is 4.17. The number of aliphatic hydroxyl groups excluding tert-OH is 1. The summed E-state index contributed by atoms with van der Waals surface area (Å²) in [6.45, 7) is 6.71. The zero-order valence-corrected chi connectivity index (χ0v) is 22.1. The molecule has 0 fully saturated rings. The van der Waals surface area contributed by atoms with Crippen LogP contribution in [0.25, 0.3) is 0 Å². The van der Waals surface area contributed by atoms with Crippen LogP contribution in [0.5, 0.6) is 0 Å². The van der Waals surface area contributed by atoms with E-state index in [0.717, 1.165) is 12.8 Å². The van der Waals surface area contributed by atoms with Gasteiger partial charge in [0.1, 0.15) is 12.7 Å². The maximum atomic E-state index is 11.6. The van der Waals surface area contributed by atoms with E-state index in [1.165, 1.54) is 0 Å². The van der Waals surface area contributed by atoms with Gasteiger partial charge in [-0.15, -0.1) is 0 Å². The number of esters is 1. The van der Waals surface area contributed by atoms with Gasteiger partial charge in [-0.2, -0.15) is 0 Å². The van der Waals surface area contributed by atoms with Gasteiger partial charge in [-0.25, -0.2) is 4.79 Å². The maximum Gasteiger partial charge on any atom is 0.500 e. The number of nitrogens with zero attached hydrogens (tertiary/aromatic N) is 1. The quantitative estimate of drug-likeness (QED) is 0.164. The van der Waals surface area contributed by atoms with Crippen molar-refractivity contribution >= 4 is 23.6 Å². The van der Waals surface area contributed by atoms with Gasteiger partial charge in [-0.3, -0.25) is 0 Å². The van der Waals surface area contributed by atoms with Crippen molar-refractivity contribution in [1.29, 1.82) is 0 Å². The van der Waals surface area contributed by atoms with E-state index >= 15 is 0 Å². The molecule has 0 bridgehead atoms. The van der Waals surface area contributed by atoms with Gasteiger partial charge in [-0.05, 0) is 32.9 Å². The molecule has 0 amide bonds. The molecule has 0 aromatic rings. The summed E-state index contributed by atoms with van der Waals surface area (Å²) in [6.07, 6.45) is 0.676. The summed E-state index contributed by atoms with van der Waals surface area (Å²) in [5.74, 6) is -0.516. The highest BCUT2D eigenvalue weighted by molar-refractivity contribution is 6.60. The van der Waals surface area contributed by atoms with Crippen LogP contribution >= 0.6 is 0 Å². The Hall–Kier alpha value is -0.676. The Morgan fingerprint density at radius 2 is 1.26 bits per heavy atom. The molecule has 0 heterocycles. The second-order valence-electron chi connectivity index (χ2n) is 7.13. The Bertz CT molecular complexity index is 474. The lowest BCUT2D eigenvalue weighted by atomic mass is 10.3. The monoisotopic (exact) mass is 483 g/mol. The van der Waals surface area contributed by atoms with Crippen LogP contribution in [0, 0.1) is 0 Å². The van der Waals surface area contributed by atoms with Crippen LogP contribution in [0.2, 0.25) is 12.1 Å². The molecule has 0 spiro atoms. The molecule has 0 saturated heterocycles. The van der Waals surface area contributed by atoms with E-state index in [9.17, 15) is 9.90 Å². The summed E-state index contributed by atoms with van der Waals surface area (Å²) in [6, 6.07) is 1.28. The summed E-state index contributed by atoms with van der Waals surface area (Å²) in [5, 5.41) is 10.4. The highest BCUT2D eigenvalue weighted by atomic mass is 28.4. The van der Waals surface area contributed by atoms with Gasteiger partial charge in [0, 0.05) is 66.9 Å². The third-order valence-corrected chi connectivity index (χ3v) is 10.7. The summed E-state index contributed by atoms with van der Waals surface area (Å²) in [4.78, 5) is 13.7. The molecular formula is C19H41NO9Si2. The lowest BCUT2D eigenvalue weighted by molar-refractivity contribution is -0.142. The van der Waals surface area contributed by atoms with Gasteiger partial charge in [0.25, 0.3) is 0 Å². The molecule has 1 unspecified atom stereocenters. The van der Waals surface area contributed by atoms with Gasteiger partial charge >= 0.3 is 23.6 Å². The van der Waals surface area contributed by atoms with Crippen LogP contribution in [0.15, 0.2) is 12.2 Å². The maximum absolute atomic E-state index is 11.6. The molecule has 0 aromatic heterocycles. The minimum Gasteiger partial charge on any atom is -0.460 e. The van der Waals surface area contributed by atoms with Gasteiger partial charge in [0.2, 0.25) is 0 Å². The molecule has 12 heteroatoms. The topological polar surface area (TPSA) is 105 Å². The van der Waals surface area contributed by atoms with E-state index in [0.29, 0.717) is 37.3 Å². The highest BCUT2D eigenvalue weighted by Gasteiger charge is 2.38. The first-order chi connectivity index (χ1) is 14.7. The Morgan fingerprint density at radius 3 is 1.58 bits per heavy atom. The first-order valence-electron chi connectivity index (χ1n) is 10.2. The van der Waals surface area contributed by atoms with Crippen LogP contribution in [0.3, 0.4) is 0 Å². The average Bonchev–Trinajstić information content (AvgIpc) is 2.78. The van der Waals surface area contributed by atoms with Gasteiger partial charge in [0.15, 0.2) is 0 Å². The van der Waals surface area contributed by atoms with E-state index in [1.54, 1.807) is 49.6 Å². The van der Waals surface area contributed by atoms with E-state index in [4.69, 9.17) is 31.3 Å². The number of carbonyl (C=O) groups excluding carboxylic acids is 1. The molecule has 31 heavy (non-hydrogen) atoms. The Kier molecular flexibility index (Phi) is 15.7. The highest BCUT2D eigenvalue weighted by Crippen LogP contribution is 2.18. The van der Waals surface area contributed by atoms with Crippen molar-refractivity contribution in [1.82, 2.24) is 4.90 Å². The predicted octanol–water partition coefficient (Wildman–Crippen LogP) is 1.31. The van der Waals surface area contributed by atoms with E-state index < -0.39 is 29.7 Å². The average molecular weight is 484 g/mol. The lowest BCUT2D eigenvalue weighted by Crippen LogP contribution is -2.45. The van der Waals surface area contributed by atoms with Crippen LogP contribution < -0.4 is 0 Å². The van der Waals surface area contributed by atoms with Crippen molar-refractivity contribution in [3.8, 4) is 0 Å². The fraction of sp³-hybridized carbons (Fsp3) is 0.842. The fourth-order valence-electron chi connectivity index (χ4n) is 3.09. The lowest BCUT2D eigenvalue weighted by Gasteiger charge is -2.29. The molecule has 0 aliphatic carbocycles.